The largest absolute Gasteiger partial charge is 0.508 e. The van der Waals surface area contributed by atoms with Crippen molar-refractivity contribution < 1.29 is 5.11 Å². The molecule has 0 saturated carbocycles. The fourth-order valence-corrected chi connectivity index (χ4v) is 2.73. The lowest BCUT2D eigenvalue weighted by Gasteiger charge is -2.00. The number of phenolic OH excluding ortho intramolecular Hbond substituents is 1. The second-order valence-electron chi connectivity index (χ2n) is 5.96. The fraction of sp³-hybridized carbons (Fsp3) is 0.200. The van der Waals surface area contributed by atoms with Gasteiger partial charge in [0.2, 0.25) is 0 Å². The Labute approximate surface area is 146 Å². The number of H-pyrrole nitrogens is 1. The van der Waals surface area contributed by atoms with Crippen molar-refractivity contribution in [1.29, 1.82) is 0 Å². The quantitative estimate of drug-likeness (QED) is 0.747. The van der Waals surface area contributed by atoms with Gasteiger partial charge in [0.15, 0.2) is 5.82 Å². The van der Waals surface area contributed by atoms with E-state index in [9.17, 15) is 9.90 Å². The molecule has 2 heterocycles. The molecule has 0 spiro atoms. The number of hydrogen-bond donors (Lipinski definition) is 2. The molecule has 0 aliphatic rings. The van der Waals surface area contributed by atoms with Crippen LogP contribution in [0.25, 0.3) is 18.0 Å². The molecule has 2 N–H and O–H groups in total. The van der Waals surface area contributed by atoms with Crippen LogP contribution in [0.4, 0.5) is 0 Å². The van der Waals surface area contributed by atoms with Gasteiger partial charge in [-0.05, 0) is 54.8 Å². The molecule has 0 unspecified atom stereocenters. The van der Waals surface area contributed by atoms with Crippen LogP contribution < -0.4 is 5.56 Å². The molecule has 3 aromatic rings. The first kappa shape index (κ1) is 16.8. The lowest BCUT2D eigenvalue weighted by atomic mass is 10.1. The predicted octanol–water partition coefficient (Wildman–Crippen LogP) is 3.70. The monoisotopic (exact) mass is 335 g/mol. The van der Waals surface area contributed by atoms with Crippen molar-refractivity contribution in [2.45, 2.75) is 26.7 Å². The number of benzene rings is 1. The number of nitrogens with zero attached hydrogens (tertiary/aromatic N) is 2. The summed E-state index contributed by atoms with van der Waals surface area (Å²) in [7, 11) is 0. The van der Waals surface area contributed by atoms with E-state index >= 15 is 0 Å². The van der Waals surface area contributed by atoms with Crippen LogP contribution in [-0.2, 0) is 6.42 Å². The smallest absolute Gasteiger partial charge is 0.276 e. The predicted molar refractivity (Wildman–Crippen MR) is 100.0 cm³/mol. The van der Waals surface area contributed by atoms with Crippen molar-refractivity contribution in [3.8, 4) is 11.6 Å². The van der Waals surface area contributed by atoms with Crippen LogP contribution in [0.1, 0.15) is 35.7 Å². The summed E-state index contributed by atoms with van der Waals surface area (Å²) in [5, 5.41) is 12.8. The third kappa shape index (κ3) is 3.55. The molecule has 2 aromatic heterocycles. The number of phenols is 1. The zero-order valence-electron chi connectivity index (χ0n) is 14.4. The van der Waals surface area contributed by atoms with E-state index in [1.54, 1.807) is 18.3 Å². The number of aromatic hydroxyl groups is 1. The minimum atomic E-state index is -0.0675. The number of aromatic amines is 1. The standard InChI is InChI=1S/C20H21N3O2/c1-3-6-16-17(10-8-15-9-11-18(24)14(2)13-15)22-23(20(16)25)19-7-4-5-12-21-19/h4-5,7-13,22,24H,3,6H2,1-2H3/b10-8+. The summed E-state index contributed by atoms with van der Waals surface area (Å²) in [6, 6.07) is 10.9. The summed E-state index contributed by atoms with van der Waals surface area (Å²) in [6.45, 7) is 3.91. The van der Waals surface area contributed by atoms with Gasteiger partial charge in [0.1, 0.15) is 5.75 Å². The summed E-state index contributed by atoms with van der Waals surface area (Å²) in [4.78, 5) is 17.0. The van der Waals surface area contributed by atoms with Gasteiger partial charge in [0.05, 0.1) is 5.69 Å². The first-order chi connectivity index (χ1) is 12.1. The SMILES string of the molecule is CCCc1c(/C=C/c2ccc(O)c(C)c2)[nH]n(-c2ccccn2)c1=O. The average molecular weight is 335 g/mol. The molecule has 0 aliphatic heterocycles. The van der Waals surface area contributed by atoms with Crippen LogP contribution in [0.15, 0.2) is 47.4 Å². The minimum absolute atomic E-state index is 0.0675. The maximum atomic E-state index is 12.7. The van der Waals surface area contributed by atoms with Crippen LogP contribution in [0, 0.1) is 6.92 Å². The summed E-state index contributed by atoms with van der Waals surface area (Å²) in [5.74, 6) is 0.850. The van der Waals surface area contributed by atoms with Crippen LogP contribution in [0.3, 0.4) is 0 Å². The Bertz CT molecular complexity index is 953. The van der Waals surface area contributed by atoms with Crippen molar-refractivity contribution >= 4 is 12.2 Å². The maximum absolute atomic E-state index is 12.7. The molecule has 0 saturated heterocycles. The van der Waals surface area contributed by atoms with Crippen LogP contribution in [0.5, 0.6) is 5.75 Å². The Morgan fingerprint density at radius 2 is 2.08 bits per heavy atom. The second kappa shape index (κ2) is 7.21. The Kier molecular flexibility index (Phi) is 4.84. The molecule has 5 heteroatoms. The first-order valence-electron chi connectivity index (χ1n) is 8.33. The molecule has 3 rings (SSSR count). The van der Waals surface area contributed by atoms with Crippen LogP contribution in [-0.4, -0.2) is 19.9 Å². The second-order valence-corrected chi connectivity index (χ2v) is 5.96. The van der Waals surface area contributed by atoms with Gasteiger partial charge in [-0.3, -0.25) is 9.89 Å². The van der Waals surface area contributed by atoms with Gasteiger partial charge >= 0.3 is 0 Å². The van der Waals surface area contributed by atoms with Gasteiger partial charge in [-0.1, -0.05) is 31.6 Å². The number of aromatic nitrogens is 3. The molecule has 1 aromatic carbocycles. The highest BCUT2D eigenvalue weighted by atomic mass is 16.3. The van der Waals surface area contributed by atoms with E-state index in [-0.39, 0.29) is 11.3 Å². The first-order valence-corrected chi connectivity index (χ1v) is 8.33. The van der Waals surface area contributed by atoms with Crippen molar-refractivity contribution in [3.63, 3.8) is 0 Å². The molecule has 0 amide bonds. The molecule has 25 heavy (non-hydrogen) atoms. The minimum Gasteiger partial charge on any atom is -0.508 e. The number of aryl methyl sites for hydroxylation is 1. The topological polar surface area (TPSA) is 70.9 Å². The molecule has 5 nitrogen and oxygen atoms in total. The maximum Gasteiger partial charge on any atom is 0.276 e. The van der Waals surface area contributed by atoms with Crippen LogP contribution in [0.2, 0.25) is 0 Å². The molecular formula is C20H21N3O2. The molecule has 0 radical (unpaired) electrons. The van der Waals surface area contributed by atoms with Gasteiger partial charge in [0.25, 0.3) is 5.56 Å². The lowest BCUT2D eigenvalue weighted by Crippen LogP contribution is -2.18. The Balaban J connectivity index is 2.01. The van der Waals surface area contributed by atoms with Crippen LogP contribution >= 0.6 is 0 Å². The number of nitrogens with one attached hydrogen (secondary N) is 1. The third-order valence-corrected chi connectivity index (χ3v) is 4.06. The van der Waals surface area contributed by atoms with E-state index in [1.807, 2.05) is 50.3 Å². The Morgan fingerprint density at radius 3 is 2.76 bits per heavy atom. The van der Waals surface area contributed by atoms with Crippen molar-refractivity contribution in [1.82, 2.24) is 14.8 Å². The molecular weight excluding hydrogens is 314 g/mol. The zero-order valence-corrected chi connectivity index (χ0v) is 14.4. The van der Waals surface area contributed by atoms with Crippen molar-refractivity contribution in [2.75, 3.05) is 0 Å². The molecule has 0 bridgehead atoms. The fourth-order valence-electron chi connectivity index (χ4n) is 2.73. The number of hydrogen-bond acceptors (Lipinski definition) is 3. The molecule has 128 valence electrons. The lowest BCUT2D eigenvalue weighted by molar-refractivity contribution is 0.471. The van der Waals surface area contributed by atoms with Gasteiger partial charge in [0, 0.05) is 11.8 Å². The normalized spacial score (nSPS) is 11.3. The third-order valence-electron chi connectivity index (χ3n) is 4.06. The van der Waals surface area contributed by atoms with Gasteiger partial charge in [-0.25, -0.2) is 9.67 Å². The van der Waals surface area contributed by atoms with Crippen molar-refractivity contribution in [3.05, 3.63) is 75.3 Å². The Morgan fingerprint density at radius 1 is 1.24 bits per heavy atom. The summed E-state index contributed by atoms with van der Waals surface area (Å²) in [6.07, 6.45) is 7.08. The number of rotatable bonds is 5. The van der Waals surface area contributed by atoms with Gasteiger partial charge in [-0.15, -0.1) is 0 Å². The molecule has 0 fully saturated rings. The summed E-state index contributed by atoms with van der Waals surface area (Å²) in [5.41, 5.74) is 3.24. The van der Waals surface area contributed by atoms with Crippen molar-refractivity contribution in [2.24, 2.45) is 0 Å². The highest BCUT2D eigenvalue weighted by molar-refractivity contribution is 5.70. The zero-order chi connectivity index (χ0) is 17.8. The molecule has 0 atom stereocenters. The van der Waals surface area contributed by atoms with E-state index < -0.39 is 0 Å². The van der Waals surface area contributed by atoms with E-state index in [2.05, 4.69) is 10.1 Å². The summed E-state index contributed by atoms with van der Waals surface area (Å²) < 4.78 is 1.48. The Hall–Kier alpha value is -3.08. The average Bonchev–Trinajstić information content (AvgIpc) is 2.93. The summed E-state index contributed by atoms with van der Waals surface area (Å²) >= 11 is 0. The van der Waals surface area contributed by atoms with E-state index in [0.717, 1.165) is 28.8 Å². The van der Waals surface area contributed by atoms with Gasteiger partial charge < -0.3 is 5.11 Å². The molecule has 0 aliphatic carbocycles. The van der Waals surface area contributed by atoms with Gasteiger partial charge in [-0.2, -0.15) is 0 Å². The highest BCUT2D eigenvalue weighted by Gasteiger charge is 2.13. The highest BCUT2D eigenvalue weighted by Crippen LogP contribution is 2.19. The van der Waals surface area contributed by atoms with E-state index in [0.29, 0.717) is 12.2 Å². The van der Waals surface area contributed by atoms with E-state index in [4.69, 9.17) is 0 Å². The number of pyridine rings is 1. The van der Waals surface area contributed by atoms with E-state index in [1.165, 1.54) is 4.68 Å².